The summed E-state index contributed by atoms with van der Waals surface area (Å²) in [6.45, 7) is 14.0. The van der Waals surface area contributed by atoms with Crippen molar-refractivity contribution in [2.45, 2.75) is 363 Å². The number of aliphatic hydroxyl groups is 1. The lowest BCUT2D eigenvalue weighted by Crippen LogP contribution is -2.30. The van der Waals surface area contributed by atoms with E-state index in [0.717, 1.165) is 114 Å². The number of hydrogen-bond donors (Lipinski definition) is 3. The minimum atomic E-state index is -4.95. The first-order valence-corrected chi connectivity index (χ1v) is 39.2. The van der Waals surface area contributed by atoms with Crippen molar-refractivity contribution in [3.8, 4) is 0 Å². The SMILES string of the molecule is CCC(C)CCCCCCCCC(=O)O[C@H](COC(=O)CCCCCCCCC(C)C)COP(=O)(O)OC[C@H](O)COP(=O)(O)OC[C@@H](COC(=O)CCCCCCCCCCCCC(C)C)OC(=O)CCCCCCCCCCCCCCCCC(C)C. The predicted octanol–water partition coefficient (Wildman–Crippen LogP) is 19.7. The van der Waals surface area contributed by atoms with Crippen LogP contribution in [0.15, 0.2) is 0 Å². The summed E-state index contributed by atoms with van der Waals surface area (Å²) in [7, 11) is -9.90. The molecular formula is C70H136O17P2. The minimum absolute atomic E-state index is 0.101. The van der Waals surface area contributed by atoms with E-state index in [1.807, 2.05) is 0 Å². The summed E-state index contributed by atoms with van der Waals surface area (Å²) in [5.74, 6) is 0.820. The summed E-state index contributed by atoms with van der Waals surface area (Å²) in [6, 6.07) is 0. The van der Waals surface area contributed by atoms with Crippen LogP contribution in [0.3, 0.4) is 0 Å². The molecule has 17 nitrogen and oxygen atoms in total. The highest BCUT2D eigenvalue weighted by Crippen LogP contribution is 2.45. The highest BCUT2D eigenvalue weighted by Gasteiger charge is 2.30. The third-order valence-corrected chi connectivity index (χ3v) is 18.3. The number of aliphatic hydroxyl groups excluding tert-OH is 1. The molecule has 0 aromatic rings. The Morgan fingerprint density at radius 3 is 0.798 bits per heavy atom. The number of phosphoric acid groups is 2. The van der Waals surface area contributed by atoms with Crippen molar-refractivity contribution in [1.82, 2.24) is 0 Å². The third-order valence-electron chi connectivity index (χ3n) is 16.4. The highest BCUT2D eigenvalue weighted by atomic mass is 31.2. The molecule has 0 fully saturated rings. The van der Waals surface area contributed by atoms with Crippen LogP contribution in [-0.4, -0.2) is 96.7 Å². The van der Waals surface area contributed by atoms with Crippen LogP contribution in [0.5, 0.6) is 0 Å². The van der Waals surface area contributed by atoms with Crippen molar-refractivity contribution < 1.29 is 80.2 Å². The number of esters is 4. The van der Waals surface area contributed by atoms with Gasteiger partial charge in [-0.2, -0.15) is 0 Å². The third kappa shape index (κ3) is 63.2. The van der Waals surface area contributed by atoms with Gasteiger partial charge in [0.2, 0.25) is 0 Å². The quantitative estimate of drug-likeness (QED) is 0.0222. The second-order valence-corrected chi connectivity index (χ2v) is 29.8. The van der Waals surface area contributed by atoms with Gasteiger partial charge in [-0.1, -0.05) is 293 Å². The number of hydrogen-bond acceptors (Lipinski definition) is 15. The maximum atomic E-state index is 13.0. The lowest BCUT2D eigenvalue weighted by atomic mass is 10.00. The van der Waals surface area contributed by atoms with Crippen LogP contribution >= 0.6 is 15.6 Å². The molecule has 0 bridgehead atoms. The zero-order valence-corrected chi connectivity index (χ0v) is 59.8. The molecule has 6 atom stereocenters. The molecule has 0 aromatic carbocycles. The first-order valence-electron chi connectivity index (χ1n) is 36.2. The smallest absolute Gasteiger partial charge is 0.462 e. The van der Waals surface area contributed by atoms with Crippen LogP contribution in [0.25, 0.3) is 0 Å². The van der Waals surface area contributed by atoms with Gasteiger partial charge in [-0.15, -0.1) is 0 Å². The Morgan fingerprint density at radius 2 is 0.539 bits per heavy atom. The highest BCUT2D eigenvalue weighted by molar-refractivity contribution is 7.47. The monoisotopic (exact) mass is 1310 g/mol. The molecule has 0 saturated carbocycles. The van der Waals surface area contributed by atoms with E-state index in [4.69, 9.17) is 37.0 Å². The molecule has 89 heavy (non-hydrogen) atoms. The molecule has 0 heterocycles. The molecule has 3 N–H and O–H groups in total. The largest absolute Gasteiger partial charge is 0.472 e. The summed E-state index contributed by atoms with van der Waals surface area (Å²) in [6.07, 6.45) is 41.9. The van der Waals surface area contributed by atoms with Crippen LogP contribution in [0.4, 0.5) is 0 Å². The van der Waals surface area contributed by atoms with Gasteiger partial charge in [0.05, 0.1) is 26.4 Å². The van der Waals surface area contributed by atoms with Gasteiger partial charge < -0.3 is 33.8 Å². The molecule has 0 aliphatic heterocycles. The summed E-state index contributed by atoms with van der Waals surface area (Å²) in [4.78, 5) is 72.5. The fourth-order valence-electron chi connectivity index (χ4n) is 10.5. The van der Waals surface area contributed by atoms with E-state index in [1.165, 1.54) is 141 Å². The lowest BCUT2D eigenvalue weighted by molar-refractivity contribution is -0.161. The summed E-state index contributed by atoms with van der Waals surface area (Å²) >= 11 is 0. The van der Waals surface area contributed by atoms with E-state index in [-0.39, 0.29) is 25.7 Å². The Bertz CT molecular complexity index is 1770. The number of rotatable bonds is 67. The Kier molecular flexibility index (Phi) is 58.5. The van der Waals surface area contributed by atoms with Gasteiger partial charge >= 0.3 is 39.5 Å². The normalized spacial score (nSPS) is 14.6. The van der Waals surface area contributed by atoms with Crippen molar-refractivity contribution in [3.63, 3.8) is 0 Å². The molecule has 0 aliphatic carbocycles. The molecule has 19 heteroatoms. The van der Waals surface area contributed by atoms with Crippen molar-refractivity contribution in [2.24, 2.45) is 23.7 Å². The van der Waals surface area contributed by atoms with Crippen molar-refractivity contribution >= 4 is 39.5 Å². The van der Waals surface area contributed by atoms with Gasteiger partial charge in [0, 0.05) is 25.7 Å². The maximum absolute atomic E-state index is 13.0. The zero-order valence-electron chi connectivity index (χ0n) is 58.1. The number of phosphoric ester groups is 2. The molecule has 0 saturated heterocycles. The van der Waals surface area contributed by atoms with Gasteiger partial charge in [-0.05, 0) is 49.4 Å². The molecule has 0 aromatic heterocycles. The fraction of sp³-hybridized carbons (Fsp3) is 0.943. The molecule has 0 amide bonds. The van der Waals surface area contributed by atoms with Crippen LogP contribution in [-0.2, 0) is 65.4 Å². The summed E-state index contributed by atoms with van der Waals surface area (Å²) in [5, 5.41) is 10.6. The van der Waals surface area contributed by atoms with Crippen LogP contribution in [0, 0.1) is 23.7 Å². The zero-order chi connectivity index (χ0) is 66.1. The number of unbranched alkanes of at least 4 members (excludes halogenated alkanes) is 32. The topological polar surface area (TPSA) is 237 Å². The number of carbonyl (C=O) groups excluding carboxylic acids is 4. The first-order chi connectivity index (χ1) is 42.6. The van der Waals surface area contributed by atoms with Crippen LogP contribution < -0.4 is 0 Å². The molecule has 3 unspecified atom stereocenters. The van der Waals surface area contributed by atoms with E-state index >= 15 is 0 Å². The lowest BCUT2D eigenvalue weighted by Gasteiger charge is -2.21. The van der Waals surface area contributed by atoms with E-state index in [2.05, 4.69) is 55.4 Å². The predicted molar refractivity (Wildman–Crippen MR) is 358 cm³/mol. The van der Waals surface area contributed by atoms with E-state index < -0.39 is 97.5 Å². The Morgan fingerprint density at radius 1 is 0.315 bits per heavy atom. The minimum Gasteiger partial charge on any atom is -0.462 e. The second kappa shape index (κ2) is 59.8. The standard InChI is InChI=1S/C70H136O17P2/c1-9-63(8)49-41-33-27-29-37-45-53-70(75)87-66(57-81-68(73)51-43-35-28-26-32-40-48-62(6)7)59-85-89(78,79)83-55-64(71)54-82-88(76,77)84-58-65(56-80-67(72)50-42-34-24-20-17-16-19-23-31-39-47-61(4)5)86-69(74)52-44-36-25-21-15-13-11-10-12-14-18-22-30-38-46-60(2)3/h60-66,71H,9-59H2,1-8H3,(H,76,77)(H,78,79)/t63?,64-,65-,66-/m1/s1. The molecule has 0 aliphatic rings. The molecule has 0 rings (SSSR count). The molecule has 0 radical (unpaired) electrons. The van der Waals surface area contributed by atoms with Crippen molar-refractivity contribution in [2.75, 3.05) is 39.6 Å². The van der Waals surface area contributed by atoms with E-state index in [0.29, 0.717) is 31.6 Å². The average Bonchev–Trinajstić information content (AvgIpc) is 3.52. The molecule has 528 valence electrons. The molecular weight excluding hydrogens is 1170 g/mol. The Balaban J connectivity index is 5.24. The van der Waals surface area contributed by atoms with Gasteiger partial charge in [0.15, 0.2) is 12.2 Å². The number of carbonyl (C=O) groups is 4. The fourth-order valence-corrected chi connectivity index (χ4v) is 12.0. The van der Waals surface area contributed by atoms with E-state index in [9.17, 15) is 43.2 Å². The van der Waals surface area contributed by atoms with Gasteiger partial charge in [-0.3, -0.25) is 37.3 Å². The van der Waals surface area contributed by atoms with Gasteiger partial charge in [-0.25, -0.2) is 9.13 Å². The average molecular weight is 1310 g/mol. The Hall–Kier alpha value is -1.94. The van der Waals surface area contributed by atoms with Crippen LogP contribution in [0.1, 0.15) is 344 Å². The summed E-state index contributed by atoms with van der Waals surface area (Å²) < 4.78 is 68.2. The van der Waals surface area contributed by atoms with Crippen LogP contribution in [0.2, 0.25) is 0 Å². The summed E-state index contributed by atoms with van der Waals surface area (Å²) in [5.41, 5.74) is 0. The number of ether oxygens (including phenoxy) is 4. The molecule has 0 spiro atoms. The Labute approximate surface area is 543 Å². The van der Waals surface area contributed by atoms with Crippen molar-refractivity contribution in [3.05, 3.63) is 0 Å². The van der Waals surface area contributed by atoms with Gasteiger partial charge in [0.25, 0.3) is 0 Å². The van der Waals surface area contributed by atoms with Gasteiger partial charge in [0.1, 0.15) is 19.3 Å². The second-order valence-electron chi connectivity index (χ2n) is 26.9. The van der Waals surface area contributed by atoms with E-state index in [1.54, 1.807) is 0 Å². The maximum Gasteiger partial charge on any atom is 0.472 e. The first kappa shape index (κ1) is 87.1. The van der Waals surface area contributed by atoms with Crippen molar-refractivity contribution in [1.29, 1.82) is 0 Å².